The molecule has 2 N–H and O–H groups in total. The molecule has 2 unspecified atom stereocenters. The van der Waals surface area contributed by atoms with Crippen molar-refractivity contribution in [1.29, 1.82) is 0 Å². The lowest BCUT2D eigenvalue weighted by Crippen LogP contribution is -2.43. The Morgan fingerprint density at radius 2 is 2.10 bits per heavy atom. The van der Waals surface area contributed by atoms with Crippen LogP contribution >= 0.6 is 0 Å². The minimum atomic E-state index is 0.102. The Balaban J connectivity index is 1.90. The van der Waals surface area contributed by atoms with Crippen molar-refractivity contribution < 1.29 is 5.11 Å². The Hall–Kier alpha value is -0.940. The van der Waals surface area contributed by atoms with Gasteiger partial charge in [0.05, 0.1) is 18.8 Å². The van der Waals surface area contributed by atoms with Crippen LogP contribution in [0.1, 0.15) is 52.1 Å². The number of aliphatic hydroxyl groups is 1. The molecule has 20 heavy (non-hydrogen) atoms. The SMILES string of the molecule is CC(C)(C)C1CCCCC1NCc1cn(CCO)nn1. The molecule has 1 saturated carbocycles. The van der Waals surface area contributed by atoms with E-state index in [9.17, 15) is 0 Å². The Bertz CT molecular complexity index is 410. The predicted molar refractivity (Wildman–Crippen MR) is 79.1 cm³/mol. The fraction of sp³-hybridized carbons (Fsp3) is 0.867. The standard InChI is InChI=1S/C15H28N4O/c1-15(2,3)13-6-4-5-7-14(13)16-10-12-11-19(8-9-20)18-17-12/h11,13-14,16,20H,4-10H2,1-3H3. The van der Waals surface area contributed by atoms with Gasteiger partial charge in [0.15, 0.2) is 0 Å². The number of nitrogens with zero attached hydrogens (tertiary/aromatic N) is 3. The van der Waals surface area contributed by atoms with Gasteiger partial charge in [0.2, 0.25) is 0 Å². The Labute approximate surface area is 121 Å². The molecule has 2 atom stereocenters. The molecule has 114 valence electrons. The van der Waals surface area contributed by atoms with Crippen LogP contribution in [0, 0.1) is 11.3 Å². The van der Waals surface area contributed by atoms with Gasteiger partial charge < -0.3 is 10.4 Å². The Kier molecular flexibility index (Phi) is 5.16. The minimum Gasteiger partial charge on any atom is -0.394 e. The van der Waals surface area contributed by atoms with Gasteiger partial charge in [-0.3, -0.25) is 0 Å². The number of aromatic nitrogens is 3. The molecule has 0 bridgehead atoms. The molecular formula is C15H28N4O. The zero-order chi connectivity index (χ0) is 14.6. The van der Waals surface area contributed by atoms with Crippen molar-refractivity contribution in [1.82, 2.24) is 20.3 Å². The molecule has 0 aliphatic heterocycles. The summed E-state index contributed by atoms with van der Waals surface area (Å²) >= 11 is 0. The number of hydrogen-bond donors (Lipinski definition) is 2. The summed E-state index contributed by atoms with van der Waals surface area (Å²) in [6.45, 7) is 8.41. The maximum absolute atomic E-state index is 8.88. The van der Waals surface area contributed by atoms with Gasteiger partial charge in [0, 0.05) is 18.8 Å². The summed E-state index contributed by atoms with van der Waals surface area (Å²) < 4.78 is 1.69. The largest absolute Gasteiger partial charge is 0.394 e. The molecule has 0 radical (unpaired) electrons. The first kappa shape index (κ1) is 15.4. The van der Waals surface area contributed by atoms with Crippen LogP contribution in [0.4, 0.5) is 0 Å². The second-order valence-corrected chi connectivity index (χ2v) is 6.94. The highest BCUT2D eigenvalue weighted by Gasteiger charge is 2.33. The van der Waals surface area contributed by atoms with E-state index in [2.05, 4.69) is 36.4 Å². The second kappa shape index (κ2) is 6.68. The quantitative estimate of drug-likeness (QED) is 0.865. The summed E-state index contributed by atoms with van der Waals surface area (Å²) in [6, 6.07) is 0.576. The first-order valence-electron chi connectivity index (χ1n) is 7.74. The highest BCUT2D eigenvalue weighted by molar-refractivity contribution is 4.95. The summed E-state index contributed by atoms with van der Waals surface area (Å²) in [4.78, 5) is 0. The normalized spacial score (nSPS) is 24.0. The van der Waals surface area contributed by atoms with Crippen molar-refractivity contribution >= 4 is 0 Å². The number of rotatable bonds is 5. The summed E-state index contributed by atoms with van der Waals surface area (Å²) in [5, 5.41) is 20.7. The molecule has 0 spiro atoms. The van der Waals surface area contributed by atoms with Crippen LogP contribution in [0.25, 0.3) is 0 Å². The van der Waals surface area contributed by atoms with E-state index >= 15 is 0 Å². The molecule has 2 rings (SSSR count). The maximum atomic E-state index is 8.88. The number of hydrogen-bond acceptors (Lipinski definition) is 4. The van der Waals surface area contributed by atoms with Crippen molar-refractivity contribution in [2.75, 3.05) is 6.61 Å². The summed E-state index contributed by atoms with van der Waals surface area (Å²) in [5.74, 6) is 0.726. The summed E-state index contributed by atoms with van der Waals surface area (Å²) in [6.07, 6.45) is 7.16. The Morgan fingerprint density at radius 3 is 2.80 bits per heavy atom. The first-order chi connectivity index (χ1) is 9.50. The van der Waals surface area contributed by atoms with Crippen LogP contribution < -0.4 is 5.32 Å². The molecule has 1 aliphatic carbocycles. The van der Waals surface area contributed by atoms with Crippen LogP contribution in [0.5, 0.6) is 0 Å². The van der Waals surface area contributed by atoms with Crippen molar-refractivity contribution in [2.24, 2.45) is 11.3 Å². The topological polar surface area (TPSA) is 63.0 Å². The molecule has 0 amide bonds. The van der Waals surface area contributed by atoms with Crippen molar-refractivity contribution in [3.63, 3.8) is 0 Å². The maximum Gasteiger partial charge on any atom is 0.0964 e. The zero-order valence-corrected chi connectivity index (χ0v) is 13.0. The van der Waals surface area contributed by atoms with E-state index in [1.54, 1.807) is 4.68 Å². The van der Waals surface area contributed by atoms with E-state index in [-0.39, 0.29) is 6.61 Å². The smallest absolute Gasteiger partial charge is 0.0964 e. The zero-order valence-electron chi connectivity index (χ0n) is 13.0. The van der Waals surface area contributed by atoms with Gasteiger partial charge in [0.25, 0.3) is 0 Å². The molecule has 0 saturated heterocycles. The second-order valence-electron chi connectivity index (χ2n) is 6.94. The lowest BCUT2D eigenvalue weighted by atomic mass is 9.69. The van der Waals surface area contributed by atoms with Gasteiger partial charge in [-0.2, -0.15) is 0 Å². The van der Waals surface area contributed by atoms with E-state index in [1.165, 1.54) is 25.7 Å². The van der Waals surface area contributed by atoms with E-state index in [4.69, 9.17) is 5.11 Å². The van der Waals surface area contributed by atoms with E-state index < -0.39 is 0 Å². The minimum absolute atomic E-state index is 0.102. The molecule has 1 aromatic heterocycles. The van der Waals surface area contributed by atoms with Gasteiger partial charge in [-0.1, -0.05) is 38.8 Å². The fourth-order valence-corrected chi connectivity index (χ4v) is 3.28. The Morgan fingerprint density at radius 1 is 1.35 bits per heavy atom. The predicted octanol–water partition coefficient (Wildman–Crippen LogP) is 1.96. The molecule has 1 aromatic rings. The molecule has 0 aromatic carbocycles. The van der Waals surface area contributed by atoms with Crippen LogP contribution in [0.3, 0.4) is 0 Å². The highest BCUT2D eigenvalue weighted by Crippen LogP contribution is 2.38. The van der Waals surface area contributed by atoms with E-state index in [1.807, 2.05) is 6.20 Å². The fourth-order valence-electron chi connectivity index (χ4n) is 3.28. The average Bonchev–Trinajstić information content (AvgIpc) is 2.84. The number of aliphatic hydroxyl groups excluding tert-OH is 1. The molecule has 1 heterocycles. The lowest BCUT2D eigenvalue weighted by Gasteiger charge is -2.41. The van der Waals surface area contributed by atoms with Gasteiger partial charge in [0.1, 0.15) is 0 Å². The van der Waals surface area contributed by atoms with Gasteiger partial charge in [-0.05, 0) is 24.2 Å². The highest BCUT2D eigenvalue weighted by atomic mass is 16.3. The summed E-state index contributed by atoms with van der Waals surface area (Å²) in [7, 11) is 0. The van der Waals surface area contributed by atoms with Gasteiger partial charge in [-0.25, -0.2) is 4.68 Å². The molecule has 1 aliphatic rings. The van der Waals surface area contributed by atoms with Crippen molar-refractivity contribution in [3.8, 4) is 0 Å². The number of nitrogens with one attached hydrogen (secondary N) is 1. The molecule has 5 heteroatoms. The third kappa shape index (κ3) is 4.03. The third-order valence-corrected chi connectivity index (χ3v) is 4.34. The van der Waals surface area contributed by atoms with Crippen molar-refractivity contribution in [3.05, 3.63) is 11.9 Å². The van der Waals surface area contributed by atoms with Gasteiger partial charge in [-0.15, -0.1) is 5.10 Å². The van der Waals surface area contributed by atoms with E-state index in [0.29, 0.717) is 18.0 Å². The molecule has 5 nitrogen and oxygen atoms in total. The molecular weight excluding hydrogens is 252 g/mol. The monoisotopic (exact) mass is 280 g/mol. The van der Waals surface area contributed by atoms with Crippen LogP contribution in [-0.4, -0.2) is 32.7 Å². The van der Waals surface area contributed by atoms with Crippen LogP contribution in [0.15, 0.2) is 6.20 Å². The van der Waals surface area contributed by atoms with Gasteiger partial charge >= 0.3 is 0 Å². The van der Waals surface area contributed by atoms with Crippen LogP contribution in [-0.2, 0) is 13.1 Å². The summed E-state index contributed by atoms with van der Waals surface area (Å²) in [5.41, 5.74) is 1.31. The average molecular weight is 280 g/mol. The van der Waals surface area contributed by atoms with Crippen LogP contribution in [0.2, 0.25) is 0 Å². The molecule has 1 fully saturated rings. The van der Waals surface area contributed by atoms with E-state index in [0.717, 1.165) is 18.2 Å². The first-order valence-corrected chi connectivity index (χ1v) is 7.74. The lowest BCUT2D eigenvalue weighted by molar-refractivity contribution is 0.130. The third-order valence-electron chi connectivity index (χ3n) is 4.34. The van der Waals surface area contributed by atoms with Crippen molar-refractivity contribution in [2.45, 2.75) is 65.6 Å².